The van der Waals surface area contributed by atoms with E-state index >= 15 is 0 Å². The fourth-order valence-electron chi connectivity index (χ4n) is 1.14. The van der Waals surface area contributed by atoms with Crippen molar-refractivity contribution in [3.05, 3.63) is 30.3 Å². The number of nitrogens with one attached hydrogen (secondary N) is 2. The fraction of sp³-hybridized carbons (Fsp3) is 0.250. The lowest BCUT2D eigenvalue weighted by Gasteiger charge is -2.11. The predicted octanol–water partition coefficient (Wildman–Crippen LogP) is 2.22. The molecule has 15 heavy (non-hydrogen) atoms. The maximum Gasteiger partial charge on any atom is 0.319 e. The Labute approximate surface area is 89.9 Å². The molecule has 0 aromatic heterocycles. The second-order valence-electron chi connectivity index (χ2n) is 3.27. The van der Waals surface area contributed by atoms with Crippen LogP contribution in [0.4, 0.5) is 10.5 Å². The van der Waals surface area contributed by atoms with Crippen LogP contribution in [0.15, 0.2) is 30.3 Å². The summed E-state index contributed by atoms with van der Waals surface area (Å²) in [6, 6.07) is 9.02. The zero-order chi connectivity index (χ0) is 11.1. The number of carbonyl (C=O) groups is 1. The van der Waals surface area contributed by atoms with Crippen LogP contribution < -0.4 is 10.6 Å². The molecule has 2 amide bonds. The highest BCUT2D eigenvalue weighted by atomic mass is 16.2. The van der Waals surface area contributed by atoms with Crippen molar-refractivity contribution in [3.63, 3.8) is 0 Å². The summed E-state index contributed by atoms with van der Waals surface area (Å²) in [6.45, 7) is 1.87. The molecule has 0 aliphatic rings. The standard InChI is InChI=1S/C12H14N2O/c1-3-7-10(2)13-12(15)14-11-8-5-4-6-9-11/h1,4-6,8-10H,7H2,2H3,(H2,13,14,15). The number of hydrogen-bond donors (Lipinski definition) is 2. The summed E-state index contributed by atoms with van der Waals surface area (Å²) in [5, 5.41) is 5.45. The number of terminal acetylenes is 1. The molecule has 78 valence electrons. The molecule has 0 heterocycles. The molecule has 0 aliphatic carbocycles. The van der Waals surface area contributed by atoms with E-state index in [1.807, 2.05) is 37.3 Å². The summed E-state index contributed by atoms with van der Waals surface area (Å²) in [6.07, 6.45) is 5.67. The highest BCUT2D eigenvalue weighted by molar-refractivity contribution is 5.89. The van der Waals surface area contributed by atoms with Gasteiger partial charge in [-0.1, -0.05) is 18.2 Å². The van der Waals surface area contributed by atoms with Gasteiger partial charge in [0.1, 0.15) is 0 Å². The van der Waals surface area contributed by atoms with Gasteiger partial charge in [0.2, 0.25) is 0 Å². The number of para-hydroxylation sites is 1. The lowest BCUT2D eigenvalue weighted by atomic mass is 10.2. The van der Waals surface area contributed by atoms with E-state index < -0.39 is 0 Å². The molecule has 0 saturated heterocycles. The summed E-state index contributed by atoms with van der Waals surface area (Å²) in [4.78, 5) is 11.4. The first-order chi connectivity index (χ1) is 7.22. The van der Waals surface area contributed by atoms with Crippen LogP contribution in [0.1, 0.15) is 13.3 Å². The molecule has 0 radical (unpaired) electrons. The Morgan fingerprint density at radius 3 is 2.73 bits per heavy atom. The van der Waals surface area contributed by atoms with E-state index in [1.54, 1.807) is 0 Å². The van der Waals surface area contributed by atoms with Crippen molar-refractivity contribution in [1.82, 2.24) is 5.32 Å². The van der Waals surface area contributed by atoms with E-state index in [1.165, 1.54) is 0 Å². The molecule has 0 bridgehead atoms. The SMILES string of the molecule is C#CCC(C)NC(=O)Nc1ccccc1. The number of anilines is 1. The first-order valence-corrected chi connectivity index (χ1v) is 4.78. The average Bonchev–Trinajstić information content (AvgIpc) is 2.19. The second-order valence-corrected chi connectivity index (χ2v) is 3.27. The largest absolute Gasteiger partial charge is 0.334 e. The summed E-state index contributed by atoms with van der Waals surface area (Å²) in [5.41, 5.74) is 0.767. The second kappa shape index (κ2) is 5.71. The van der Waals surface area contributed by atoms with Crippen LogP contribution in [0.5, 0.6) is 0 Å². The Hall–Kier alpha value is -1.95. The molecule has 0 fully saturated rings. The maximum atomic E-state index is 11.4. The van der Waals surface area contributed by atoms with E-state index in [2.05, 4.69) is 16.6 Å². The number of benzene rings is 1. The van der Waals surface area contributed by atoms with Gasteiger partial charge in [0, 0.05) is 18.2 Å². The zero-order valence-electron chi connectivity index (χ0n) is 8.66. The maximum absolute atomic E-state index is 11.4. The molecule has 0 aliphatic heterocycles. The first kappa shape index (κ1) is 11.1. The van der Waals surface area contributed by atoms with Crippen molar-refractivity contribution in [1.29, 1.82) is 0 Å². The number of rotatable bonds is 3. The topological polar surface area (TPSA) is 41.1 Å². The zero-order valence-corrected chi connectivity index (χ0v) is 8.66. The van der Waals surface area contributed by atoms with Crippen LogP contribution in [0.3, 0.4) is 0 Å². The molecular weight excluding hydrogens is 188 g/mol. The van der Waals surface area contributed by atoms with Crippen LogP contribution in [0, 0.1) is 12.3 Å². The molecule has 1 rings (SSSR count). The van der Waals surface area contributed by atoms with Crippen molar-refractivity contribution in [3.8, 4) is 12.3 Å². The van der Waals surface area contributed by atoms with Gasteiger partial charge in [0.05, 0.1) is 0 Å². The van der Waals surface area contributed by atoms with Gasteiger partial charge in [-0.2, -0.15) is 0 Å². The Bertz CT molecular complexity index is 354. The molecule has 0 saturated carbocycles. The smallest absolute Gasteiger partial charge is 0.319 e. The van der Waals surface area contributed by atoms with Crippen LogP contribution in [-0.2, 0) is 0 Å². The van der Waals surface area contributed by atoms with Crippen LogP contribution in [0.2, 0.25) is 0 Å². The molecule has 0 spiro atoms. The van der Waals surface area contributed by atoms with Gasteiger partial charge in [0.15, 0.2) is 0 Å². The lowest BCUT2D eigenvalue weighted by molar-refractivity contribution is 0.249. The number of urea groups is 1. The molecule has 2 N–H and O–H groups in total. The van der Waals surface area contributed by atoms with Gasteiger partial charge in [0.25, 0.3) is 0 Å². The van der Waals surface area contributed by atoms with Gasteiger partial charge in [-0.25, -0.2) is 4.79 Å². The summed E-state index contributed by atoms with van der Waals surface area (Å²) in [7, 11) is 0. The van der Waals surface area contributed by atoms with Crippen LogP contribution in [-0.4, -0.2) is 12.1 Å². The summed E-state index contributed by atoms with van der Waals surface area (Å²) >= 11 is 0. The minimum Gasteiger partial charge on any atom is -0.334 e. The number of amides is 2. The van der Waals surface area contributed by atoms with Crippen molar-refractivity contribution in [2.24, 2.45) is 0 Å². The minimum atomic E-state index is -0.232. The first-order valence-electron chi connectivity index (χ1n) is 4.78. The summed E-state index contributed by atoms with van der Waals surface area (Å²) < 4.78 is 0. The fourth-order valence-corrected chi connectivity index (χ4v) is 1.14. The Balaban J connectivity index is 2.41. The third-order valence-corrected chi connectivity index (χ3v) is 1.83. The van der Waals surface area contributed by atoms with E-state index in [0.29, 0.717) is 6.42 Å². The molecule has 3 nitrogen and oxygen atoms in total. The molecule has 1 aromatic rings. The van der Waals surface area contributed by atoms with Gasteiger partial charge in [-0.15, -0.1) is 12.3 Å². The normalized spacial score (nSPS) is 11.2. The molecular formula is C12H14N2O. The third-order valence-electron chi connectivity index (χ3n) is 1.83. The Morgan fingerprint density at radius 2 is 2.13 bits per heavy atom. The molecule has 1 unspecified atom stereocenters. The van der Waals surface area contributed by atoms with Crippen molar-refractivity contribution in [2.45, 2.75) is 19.4 Å². The number of carbonyl (C=O) groups excluding carboxylic acids is 1. The monoisotopic (exact) mass is 202 g/mol. The third kappa shape index (κ3) is 4.19. The summed E-state index contributed by atoms with van der Waals surface area (Å²) in [5.74, 6) is 2.49. The van der Waals surface area contributed by atoms with Crippen molar-refractivity contribution in [2.75, 3.05) is 5.32 Å². The lowest BCUT2D eigenvalue weighted by Crippen LogP contribution is -2.35. The van der Waals surface area contributed by atoms with Gasteiger partial charge < -0.3 is 10.6 Å². The highest BCUT2D eigenvalue weighted by Crippen LogP contribution is 2.04. The molecule has 1 atom stereocenters. The van der Waals surface area contributed by atoms with Gasteiger partial charge >= 0.3 is 6.03 Å². The van der Waals surface area contributed by atoms with Crippen molar-refractivity contribution < 1.29 is 4.79 Å². The Morgan fingerprint density at radius 1 is 1.47 bits per heavy atom. The van der Waals surface area contributed by atoms with Crippen molar-refractivity contribution >= 4 is 11.7 Å². The minimum absolute atomic E-state index is 0.0151. The van der Waals surface area contributed by atoms with E-state index in [9.17, 15) is 4.79 Å². The average molecular weight is 202 g/mol. The van der Waals surface area contributed by atoms with Gasteiger partial charge in [-0.3, -0.25) is 0 Å². The van der Waals surface area contributed by atoms with E-state index in [4.69, 9.17) is 6.42 Å². The highest BCUT2D eigenvalue weighted by Gasteiger charge is 2.05. The quantitative estimate of drug-likeness (QED) is 0.725. The van der Waals surface area contributed by atoms with Gasteiger partial charge in [-0.05, 0) is 19.1 Å². The predicted molar refractivity (Wildman–Crippen MR) is 61.5 cm³/mol. The van der Waals surface area contributed by atoms with E-state index in [-0.39, 0.29) is 12.1 Å². The molecule has 1 aromatic carbocycles. The number of hydrogen-bond acceptors (Lipinski definition) is 1. The molecule has 3 heteroatoms. The van der Waals surface area contributed by atoms with Crippen LogP contribution in [0.25, 0.3) is 0 Å². The van der Waals surface area contributed by atoms with E-state index in [0.717, 1.165) is 5.69 Å². The Kier molecular flexibility index (Phi) is 4.24. The van der Waals surface area contributed by atoms with Crippen LogP contribution >= 0.6 is 0 Å².